The minimum absolute atomic E-state index is 0.118. The van der Waals surface area contributed by atoms with Crippen molar-refractivity contribution in [3.8, 4) is 0 Å². The van der Waals surface area contributed by atoms with E-state index in [1.54, 1.807) is 10.9 Å². The number of imidazole rings is 1. The second-order valence-corrected chi connectivity index (χ2v) is 5.85. The minimum Gasteiger partial charge on any atom is -0.319 e. The van der Waals surface area contributed by atoms with Gasteiger partial charge in [0.2, 0.25) is 11.9 Å². The number of nitrogens with one attached hydrogen (secondary N) is 1. The normalized spacial score (nSPS) is 11.0. The van der Waals surface area contributed by atoms with Crippen LogP contribution in [-0.2, 0) is 17.9 Å². The quantitative estimate of drug-likeness (QED) is 0.702. The van der Waals surface area contributed by atoms with E-state index < -0.39 is 0 Å². The Morgan fingerprint density at radius 2 is 2.09 bits per heavy atom. The molecule has 0 aliphatic carbocycles. The Morgan fingerprint density at radius 1 is 1.26 bits per heavy atom. The van der Waals surface area contributed by atoms with Crippen LogP contribution >= 0.6 is 11.8 Å². The van der Waals surface area contributed by atoms with Crippen LogP contribution in [0.4, 0.5) is 5.95 Å². The van der Waals surface area contributed by atoms with Crippen molar-refractivity contribution in [2.45, 2.75) is 32.1 Å². The zero-order valence-corrected chi connectivity index (χ0v) is 13.9. The van der Waals surface area contributed by atoms with Crippen molar-refractivity contribution in [1.82, 2.24) is 24.3 Å². The van der Waals surface area contributed by atoms with Gasteiger partial charge >= 0.3 is 0 Å². The minimum atomic E-state index is -0.118. The standard InChI is InChI=1S/C15H18N6OS/c1-3-20-10-16-19-14(20)18-13(22)9-23-15-17-11-7-5-6-8-12(11)21(15)4-2/h5-8,10H,3-4,9H2,1-2H3,(H,18,19,22). The van der Waals surface area contributed by atoms with E-state index in [-0.39, 0.29) is 11.7 Å². The zero-order chi connectivity index (χ0) is 16.2. The highest BCUT2D eigenvalue weighted by atomic mass is 32.2. The number of aryl methyl sites for hydroxylation is 2. The van der Waals surface area contributed by atoms with Crippen molar-refractivity contribution in [1.29, 1.82) is 0 Å². The molecule has 0 saturated carbocycles. The summed E-state index contributed by atoms with van der Waals surface area (Å²) in [5.41, 5.74) is 2.03. The van der Waals surface area contributed by atoms with Gasteiger partial charge in [-0.05, 0) is 26.0 Å². The van der Waals surface area contributed by atoms with Gasteiger partial charge in [0.1, 0.15) is 6.33 Å². The first-order chi connectivity index (χ1) is 11.2. The average molecular weight is 330 g/mol. The Balaban J connectivity index is 1.69. The number of carbonyl (C=O) groups excluding carboxylic acids is 1. The van der Waals surface area contributed by atoms with Crippen LogP contribution in [0.5, 0.6) is 0 Å². The summed E-state index contributed by atoms with van der Waals surface area (Å²) in [6.07, 6.45) is 1.60. The van der Waals surface area contributed by atoms with Gasteiger partial charge in [0, 0.05) is 13.1 Å². The fraction of sp³-hybridized carbons (Fsp3) is 0.333. The Bertz CT molecular complexity index is 824. The zero-order valence-electron chi connectivity index (χ0n) is 13.1. The molecule has 0 bridgehead atoms. The number of aromatic nitrogens is 5. The van der Waals surface area contributed by atoms with Crippen LogP contribution in [-0.4, -0.2) is 36.0 Å². The number of rotatable bonds is 6. The maximum atomic E-state index is 12.1. The second kappa shape index (κ2) is 6.82. The topological polar surface area (TPSA) is 77.6 Å². The number of thioether (sulfide) groups is 1. The number of benzene rings is 1. The lowest BCUT2D eigenvalue weighted by atomic mass is 10.3. The van der Waals surface area contributed by atoms with Gasteiger partial charge in [-0.15, -0.1) is 10.2 Å². The molecule has 3 rings (SSSR count). The van der Waals surface area contributed by atoms with Gasteiger partial charge in [-0.25, -0.2) is 4.98 Å². The third-order valence-electron chi connectivity index (χ3n) is 3.48. The molecule has 0 fully saturated rings. The Labute approximate surface area is 138 Å². The van der Waals surface area contributed by atoms with E-state index in [9.17, 15) is 4.79 Å². The lowest BCUT2D eigenvalue weighted by Gasteiger charge is -2.07. The van der Waals surface area contributed by atoms with E-state index in [1.807, 2.05) is 31.2 Å². The SMILES string of the molecule is CCn1cnnc1NC(=O)CSc1nc2ccccc2n1CC. The fourth-order valence-electron chi connectivity index (χ4n) is 2.34. The van der Waals surface area contributed by atoms with Crippen molar-refractivity contribution in [3.63, 3.8) is 0 Å². The number of carbonyl (C=O) groups is 1. The molecular formula is C15H18N6OS. The fourth-order valence-corrected chi connectivity index (χ4v) is 3.22. The summed E-state index contributed by atoms with van der Waals surface area (Å²) in [5.74, 6) is 0.634. The summed E-state index contributed by atoms with van der Waals surface area (Å²) in [4.78, 5) is 16.7. The number of fused-ring (bicyclic) bond motifs is 1. The largest absolute Gasteiger partial charge is 0.319 e. The van der Waals surface area contributed by atoms with Crippen LogP contribution in [0.1, 0.15) is 13.8 Å². The van der Waals surface area contributed by atoms with E-state index in [0.29, 0.717) is 12.5 Å². The van der Waals surface area contributed by atoms with Gasteiger partial charge in [0.05, 0.1) is 16.8 Å². The molecule has 0 unspecified atom stereocenters. The van der Waals surface area contributed by atoms with Crippen LogP contribution < -0.4 is 5.32 Å². The number of hydrogen-bond donors (Lipinski definition) is 1. The van der Waals surface area contributed by atoms with E-state index in [1.165, 1.54) is 11.8 Å². The summed E-state index contributed by atoms with van der Waals surface area (Å²) in [7, 11) is 0. The number of amides is 1. The average Bonchev–Trinajstić information content (AvgIpc) is 3.15. The second-order valence-electron chi connectivity index (χ2n) is 4.90. The van der Waals surface area contributed by atoms with Gasteiger partial charge < -0.3 is 9.13 Å². The van der Waals surface area contributed by atoms with Crippen LogP contribution in [0, 0.1) is 0 Å². The van der Waals surface area contributed by atoms with Gasteiger partial charge in [0.15, 0.2) is 5.16 Å². The highest BCUT2D eigenvalue weighted by Gasteiger charge is 2.13. The van der Waals surface area contributed by atoms with Crippen molar-refractivity contribution in [2.24, 2.45) is 0 Å². The van der Waals surface area contributed by atoms with Crippen molar-refractivity contribution in [3.05, 3.63) is 30.6 Å². The molecule has 23 heavy (non-hydrogen) atoms. The highest BCUT2D eigenvalue weighted by Crippen LogP contribution is 2.24. The lowest BCUT2D eigenvalue weighted by molar-refractivity contribution is -0.113. The third kappa shape index (κ3) is 3.21. The molecule has 2 aromatic heterocycles. The number of nitrogens with zero attached hydrogens (tertiary/aromatic N) is 5. The maximum Gasteiger partial charge on any atom is 0.237 e. The Hall–Kier alpha value is -2.35. The molecule has 120 valence electrons. The first-order valence-corrected chi connectivity index (χ1v) is 8.47. The first kappa shape index (κ1) is 15.5. The Kier molecular flexibility index (Phi) is 4.61. The van der Waals surface area contributed by atoms with Crippen LogP contribution in [0.25, 0.3) is 11.0 Å². The van der Waals surface area contributed by atoms with Crippen molar-refractivity contribution in [2.75, 3.05) is 11.1 Å². The molecule has 0 aliphatic heterocycles. The molecule has 0 saturated heterocycles. The number of hydrogen-bond acceptors (Lipinski definition) is 5. The van der Waals surface area contributed by atoms with Crippen LogP contribution in [0.3, 0.4) is 0 Å². The molecule has 0 spiro atoms. The van der Waals surface area contributed by atoms with E-state index in [2.05, 4.69) is 32.0 Å². The Morgan fingerprint density at radius 3 is 2.87 bits per heavy atom. The molecule has 3 aromatic rings. The molecule has 0 radical (unpaired) electrons. The van der Waals surface area contributed by atoms with E-state index >= 15 is 0 Å². The molecule has 1 aromatic carbocycles. The molecule has 1 amide bonds. The highest BCUT2D eigenvalue weighted by molar-refractivity contribution is 7.99. The summed E-state index contributed by atoms with van der Waals surface area (Å²) >= 11 is 1.42. The molecule has 0 aliphatic rings. The van der Waals surface area contributed by atoms with Crippen molar-refractivity contribution >= 4 is 34.7 Å². The molecule has 8 heteroatoms. The van der Waals surface area contributed by atoms with E-state index in [4.69, 9.17) is 0 Å². The summed E-state index contributed by atoms with van der Waals surface area (Å²) in [6.45, 7) is 5.56. The van der Waals surface area contributed by atoms with Gasteiger partial charge in [-0.3, -0.25) is 10.1 Å². The van der Waals surface area contributed by atoms with Gasteiger partial charge in [-0.2, -0.15) is 0 Å². The predicted octanol–water partition coefficient (Wildman–Crippen LogP) is 2.40. The van der Waals surface area contributed by atoms with Crippen LogP contribution in [0.15, 0.2) is 35.7 Å². The third-order valence-corrected chi connectivity index (χ3v) is 4.45. The summed E-state index contributed by atoms with van der Waals surface area (Å²) < 4.78 is 3.89. The van der Waals surface area contributed by atoms with Crippen molar-refractivity contribution < 1.29 is 4.79 Å². The number of anilines is 1. The summed E-state index contributed by atoms with van der Waals surface area (Å²) in [6, 6.07) is 7.98. The lowest BCUT2D eigenvalue weighted by Crippen LogP contribution is -2.17. The molecule has 0 atom stereocenters. The maximum absolute atomic E-state index is 12.1. The smallest absolute Gasteiger partial charge is 0.237 e. The molecule has 1 N–H and O–H groups in total. The van der Waals surface area contributed by atoms with Crippen LogP contribution in [0.2, 0.25) is 0 Å². The van der Waals surface area contributed by atoms with E-state index in [0.717, 1.165) is 22.7 Å². The van der Waals surface area contributed by atoms with Gasteiger partial charge in [0.25, 0.3) is 0 Å². The predicted molar refractivity (Wildman–Crippen MR) is 90.5 cm³/mol. The molecular weight excluding hydrogens is 312 g/mol. The van der Waals surface area contributed by atoms with Gasteiger partial charge in [-0.1, -0.05) is 23.9 Å². The monoisotopic (exact) mass is 330 g/mol. The first-order valence-electron chi connectivity index (χ1n) is 7.48. The summed E-state index contributed by atoms with van der Waals surface area (Å²) in [5, 5.41) is 11.3. The molecule has 7 nitrogen and oxygen atoms in total. The number of para-hydroxylation sites is 2. The molecule has 2 heterocycles.